The molecule has 1 aromatic carbocycles. The van der Waals surface area contributed by atoms with E-state index in [2.05, 4.69) is 4.74 Å². The van der Waals surface area contributed by atoms with Crippen LogP contribution in [0.3, 0.4) is 0 Å². The Labute approximate surface area is 173 Å². The number of nitrogens with zero attached hydrogens (tertiary/aromatic N) is 2. The number of likely N-dealkylation sites (N-methyl/N-ethyl adjacent to an activating group) is 1. The topological polar surface area (TPSA) is 253 Å². The minimum absolute atomic E-state index is 0.410. The molecule has 0 aliphatic rings. The summed E-state index contributed by atoms with van der Waals surface area (Å²) in [6.45, 7) is 1.05. The first kappa shape index (κ1) is 24.2. The van der Waals surface area contributed by atoms with Gasteiger partial charge in [0.15, 0.2) is 23.0 Å². The molecule has 0 fully saturated rings. The van der Waals surface area contributed by atoms with Gasteiger partial charge >= 0.3 is 17.4 Å². The van der Waals surface area contributed by atoms with Crippen LogP contribution in [0, 0.1) is 6.92 Å². The molecule has 15 heteroatoms. The van der Waals surface area contributed by atoms with Crippen molar-refractivity contribution in [3.63, 3.8) is 0 Å². The second-order valence-corrected chi connectivity index (χ2v) is 6.98. The average Bonchev–Trinajstić information content (AvgIpc) is 2.90. The normalized spacial score (nSPS) is 14.8. The number of benzene rings is 1. The Kier molecular flexibility index (Phi) is 5.68. The van der Waals surface area contributed by atoms with E-state index in [1.54, 1.807) is 0 Å². The molecule has 1 atom stereocenters. The standard InChI is InChI=1S/C16H23N3O12/c1-5-7(20)9(22)6(10(23)8(5)21)14(26,12-11(24)13(25)17-19(12)4)31-16(29,30)15(27,28)18(2)3/h20-24,26-30H,1-4H3,(H,17,25). The largest absolute Gasteiger partial charge is 0.504 e. The molecule has 2 aromatic rings. The molecule has 15 nitrogen and oxygen atoms in total. The Hall–Kier alpha value is -3.05. The third kappa shape index (κ3) is 3.43. The van der Waals surface area contributed by atoms with Crippen molar-refractivity contribution in [3.8, 4) is 28.7 Å². The number of phenols is 4. The summed E-state index contributed by atoms with van der Waals surface area (Å²) in [6.07, 6.45) is 0. The zero-order valence-corrected chi connectivity index (χ0v) is 16.7. The molecule has 0 saturated carbocycles. The molecule has 0 amide bonds. The Balaban J connectivity index is 2.99. The highest BCUT2D eigenvalue weighted by Gasteiger charge is 2.59. The first-order chi connectivity index (χ1) is 13.9. The number of hydrogen-bond acceptors (Lipinski definition) is 13. The molecule has 31 heavy (non-hydrogen) atoms. The van der Waals surface area contributed by atoms with Crippen molar-refractivity contribution in [2.75, 3.05) is 14.1 Å². The van der Waals surface area contributed by atoms with Gasteiger partial charge in [-0.1, -0.05) is 0 Å². The van der Waals surface area contributed by atoms with E-state index in [0.29, 0.717) is 9.58 Å². The lowest BCUT2D eigenvalue weighted by molar-refractivity contribution is -0.525. The number of H-pyrrole nitrogens is 1. The van der Waals surface area contributed by atoms with Crippen molar-refractivity contribution in [1.82, 2.24) is 14.7 Å². The zero-order valence-electron chi connectivity index (χ0n) is 16.7. The summed E-state index contributed by atoms with van der Waals surface area (Å²) in [5.74, 6) is -17.9. The van der Waals surface area contributed by atoms with Crippen molar-refractivity contribution >= 4 is 0 Å². The van der Waals surface area contributed by atoms with Gasteiger partial charge in [0.25, 0.3) is 5.79 Å². The third-order valence-electron chi connectivity index (χ3n) is 4.69. The number of rotatable bonds is 6. The van der Waals surface area contributed by atoms with E-state index in [0.717, 1.165) is 28.1 Å². The summed E-state index contributed by atoms with van der Waals surface area (Å²) < 4.78 is 5.22. The number of aromatic nitrogens is 2. The fraction of sp³-hybridized carbons (Fsp3) is 0.438. The van der Waals surface area contributed by atoms with Crippen LogP contribution in [0.1, 0.15) is 16.8 Å². The molecule has 174 valence electrons. The minimum Gasteiger partial charge on any atom is -0.504 e. The van der Waals surface area contributed by atoms with Gasteiger partial charge in [-0.3, -0.25) is 24.2 Å². The molecule has 0 radical (unpaired) electrons. The van der Waals surface area contributed by atoms with E-state index in [9.17, 15) is 55.9 Å². The fourth-order valence-corrected chi connectivity index (χ4v) is 2.84. The maximum atomic E-state index is 11.8. The molecule has 1 unspecified atom stereocenters. The predicted molar refractivity (Wildman–Crippen MR) is 97.6 cm³/mol. The smallest absolute Gasteiger partial charge is 0.354 e. The summed E-state index contributed by atoms with van der Waals surface area (Å²) in [5.41, 5.74) is -4.22. The number of aromatic hydroxyl groups is 5. The maximum absolute atomic E-state index is 11.8. The van der Waals surface area contributed by atoms with E-state index in [1.807, 2.05) is 5.10 Å². The second-order valence-electron chi connectivity index (χ2n) is 6.98. The molecule has 0 aliphatic heterocycles. The van der Waals surface area contributed by atoms with Crippen LogP contribution in [-0.4, -0.2) is 91.7 Å². The quantitative estimate of drug-likeness (QED) is 0.117. The number of phenolic OH excluding ortho intramolecular Hbond substituents is 4. The minimum atomic E-state index is -4.17. The van der Waals surface area contributed by atoms with Crippen molar-refractivity contribution in [3.05, 3.63) is 27.2 Å². The van der Waals surface area contributed by atoms with Crippen LogP contribution in [-0.2, 0) is 17.6 Å². The molecule has 0 saturated heterocycles. The molecule has 11 N–H and O–H groups in total. The summed E-state index contributed by atoms with van der Waals surface area (Å²) in [4.78, 5) is 12.2. The highest BCUT2D eigenvalue weighted by atomic mass is 16.8. The highest BCUT2D eigenvalue weighted by molar-refractivity contribution is 5.66. The summed E-state index contributed by atoms with van der Waals surface area (Å²) in [6, 6.07) is 0. The Morgan fingerprint density at radius 1 is 0.871 bits per heavy atom. The van der Waals surface area contributed by atoms with Crippen molar-refractivity contribution in [2.45, 2.75) is 24.6 Å². The van der Waals surface area contributed by atoms with Crippen LogP contribution in [0.5, 0.6) is 28.7 Å². The molecular weight excluding hydrogens is 426 g/mol. The van der Waals surface area contributed by atoms with Gasteiger partial charge in [-0.15, -0.1) is 0 Å². The van der Waals surface area contributed by atoms with E-state index in [4.69, 9.17) is 0 Å². The number of aryl methyl sites for hydroxylation is 1. The highest BCUT2D eigenvalue weighted by Crippen LogP contribution is 2.53. The van der Waals surface area contributed by atoms with Crippen molar-refractivity contribution in [1.29, 1.82) is 0 Å². The van der Waals surface area contributed by atoms with Crippen molar-refractivity contribution in [2.24, 2.45) is 7.05 Å². The van der Waals surface area contributed by atoms with Gasteiger partial charge in [0.05, 0.1) is 0 Å². The summed E-state index contributed by atoms with van der Waals surface area (Å²) >= 11 is 0. The number of aromatic amines is 1. The van der Waals surface area contributed by atoms with Crippen LogP contribution in [0.15, 0.2) is 4.79 Å². The average molecular weight is 449 g/mol. The molecule has 2 rings (SSSR count). The van der Waals surface area contributed by atoms with Gasteiger partial charge in [0.2, 0.25) is 5.75 Å². The number of hydrogen-bond donors (Lipinski definition) is 11. The second kappa shape index (κ2) is 7.27. The van der Waals surface area contributed by atoms with Crippen LogP contribution >= 0.6 is 0 Å². The molecule has 0 spiro atoms. The predicted octanol–water partition coefficient (Wildman–Crippen LogP) is -3.40. The Morgan fingerprint density at radius 3 is 1.68 bits per heavy atom. The van der Waals surface area contributed by atoms with E-state index < -0.39 is 68.8 Å². The molecule has 0 aliphatic carbocycles. The van der Waals surface area contributed by atoms with Gasteiger partial charge in [-0.25, -0.2) is 0 Å². The van der Waals surface area contributed by atoms with Gasteiger partial charge in [-0.05, 0) is 21.0 Å². The van der Waals surface area contributed by atoms with Crippen LogP contribution in [0.25, 0.3) is 0 Å². The first-order valence-electron chi connectivity index (χ1n) is 8.36. The van der Waals surface area contributed by atoms with E-state index in [1.165, 1.54) is 0 Å². The van der Waals surface area contributed by atoms with Crippen molar-refractivity contribution < 1.29 is 55.8 Å². The Bertz CT molecular complexity index is 1040. The molecular formula is C16H23N3O12. The number of ether oxygens (including phenoxy) is 1. The molecule has 0 bridgehead atoms. The van der Waals surface area contributed by atoms with E-state index in [-0.39, 0.29) is 0 Å². The SMILES string of the molecule is Cc1c(O)c(O)c(C(O)(OC(O)(O)C(O)(O)N(C)C)c2c(O)c(=O)[nH]n2C)c(O)c1O. The Morgan fingerprint density at radius 2 is 1.32 bits per heavy atom. The van der Waals surface area contributed by atoms with Gasteiger partial charge in [0, 0.05) is 12.6 Å². The van der Waals surface area contributed by atoms with E-state index >= 15 is 0 Å². The van der Waals surface area contributed by atoms with Crippen LogP contribution in [0.2, 0.25) is 0 Å². The number of nitrogens with one attached hydrogen (secondary N) is 1. The monoisotopic (exact) mass is 449 g/mol. The molecule has 1 aromatic heterocycles. The lowest BCUT2D eigenvalue weighted by atomic mass is 9.95. The summed E-state index contributed by atoms with van der Waals surface area (Å²) in [5, 5.41) is 104. The van der Waals surface area contributed by atoms with Crippen LogP contribution < -0.4 is 5.56 Å². The molecule has 1 heterocycles. The lowest BCUT2D eigenvalue weighted by Crippen LogP contribution is -2.66. The van der Waals surface area contributed by atoms with Gasteiger partial charge in [0.1, 0.15) is 11.3 Å². The third-order valence-corrected chi connectivity index (χ3v) is 4.69. The maximum Gasteiger partial charge on any atom is 0.354 e. The van der Waals surface area contributed by atoms with Gasteiger partial charge < -0.3 is 51.1 Å². The van der Waals surface area contributed by atoms with Crippen LogP contribution in [0.4, 0.5) is 0 Å². The fourth-order valence-electron chi connectivity index (χ4n) is 2.84. The lowest BCUT2D eigenvalue weighted by Gasteiger charge is -2.42. The zero-order chi connectivity index (χ0) is 24.3. The van der Waals surface area contributed by atoms with Gasteiger partial charge in [-0.2, -0.15) is 0 Å². The summed E-state index contributed by atoms with van der Waals surface area (Å²) in [7, 11) is 2.90. The number of aliphatic hydroxyl groups is 5. The first-order valence-corrected chi connectivity index (χ1v) is 8.36.